The number of rotatable bonds is 5. The van der Waals surface area contributed by atoms with Gasteiger partial charge in [-0.05, 0) is 19.4 Å². The standard InChI is InChI=1S/C6H14N2O2.Rb/c7-4-2-1-3-5(8)6(9)10;/h5H,1-4,7-8H2,(H,9,10);/q;+1/p-1. The summed E-state index contributed by atoms with van der Waals surface area (Å²) in [7, 11) is 0. The minimum absolute atomic E-state index is 0. The molecule has 1 unspecified atom stereocenters. The monoisotopic (exact) mass is 230 g/mol. The number of hydrogen-bond acceptors (Lipinski definition) is 4. The summed E-state index contributed by atoms with van der Waals surface area (Å²) in [5.74, 6) is -1.18. The van der Waals surface area contributed by atoms with Gasteiger partial charge in [0.15, 0.2) is 0 Å². The maximum absolute atomic E-state index is 10.0. The van der Waals surface area contributed by atoms with Crippen LogP contribution < -0.4 is 74.8 Å². The summed E-state index contributed by atoms with van der Waals surface area (Å²) in [5.41, 5.74) is 10.3. The van der Waals surface area contributed by atoms with Crippen LogP contribution in [-0.4, -0.2) is 18.6 Å². The average Bonchev–Trinajstić information content (AvgIpc) is 1.88. The van der Waals surface area contributed by atoms with E-state index < -0.39 is 12.0 Å². The molecule has 0 radical (unpaired) electrons. The largest absolute Gasteiger partial charge is 1.00 e. The molecule has 0 amide bonds. The molecule has 0 saturated carbocycles. The Labute approximate surface area is 115 Å². The smallest absolute Gasteiger partial charge is 0.548 e. The van der Waals surface area contributed by atoms with Crippen LogP contribution in [0.25, 0.3) is 0 Å². The third-order valence-corrected chi connectivity index (χ3v) is 1.27. The van der Waals surface area contributed by atoms with Crippen LogP contribution in [0.4, 0.5) is 0 Å². The summed E-state index contributed by atoms with van der Waals surface area (Å²) < 4.78 is 0. The van der Waals surface area contributed by atoms with Gasteiger partial charge in [-0.15, -0.1) is 0 Å². The first kappa shape index (κ1) is 14.7. The average molecular weight is 231 g/mol. The van der Waals surface area contributed by atoms with Crippen molar-refractivity contribution in [3.63, 3.8) is 0 Å². The molecule has 0 aliphatic carbocycles. The molecule has 5 heteroatoms. The molecule has 4 nitrogen and oxygen atoms in total. The van der Waals surface area contributed by atoms with Crippen LogP contribution in [0.5, 0.6) is 0 Å². The second-order valence-electron chi connectivity index (χ2n) is 2.21. The molecule has 0 fully saturated rings. The summed E-state index contributed by atoms with van der Waals surface area (Å²) in [4.78, 5) is 10.0. The molecule has 0 aromatic heterocycles. The zero-order chi connectivity index (χ0) is 7.98. The molecule has 11 heavy (non-hydrogen) atoms. The van der Waals surface area contributed by atoms with E-state index in [4.69, 9.17) is 11.5 Å². The first-order valence-corrected chi connectivity index (χ1v) is 3.35. The quantitative estimate of drug-likeness (QED) is 0.464. The maximum atomic E-state index is 10.0. The molecule has 1 atom stereocenters. The third kappa shape index (κ3) is 9.11. The van der Waals surface area contributed by atoms with Crippen LogP contribution in [0.2, 0.25) is 0 Å². The fourth-order valence-corrected chi connectivity index (χ4v) is 0.626. The summed E-state index contributed by atoms with van der Waals surface area (Å²) in [5, 5.41) is 10.0. The van der Waals surface area contributed by atoms with E-state index in [1.54, 1.807) is 0 Å². The van der Waals surface area contributed by atoms with E-state index in [0.29, 0.717) is 13.0 Å². The minimum Gasteiger partial charge on any atom is -0.548 e. The van der Waals surface area contributed by atoms with Crippen molar-refractivity contribution in [1.29, 1.82) is 0 Å². The van der Waals surface area contributed by atoms with Gasteiger partial charge in [0, 0.05) is 6.04 Å². The van der Waals surface area contributed by atoms with E-state index in [1.165, 1.54) is 0 Å². The fourth-order valence-electron chi connectivity index (χ4n) is 0.626. The van der Waals surface area contributed by atoms with E-state index in [0.717, 1.165) is 12.8 Å². The Morgan fingerprint density at radius 3 is 2.36 bits per heavy atom. The summed E-state index contributed by atoms with van der Waals surface area (Å²) in [6.07, 6.45) is 2.03. The zero-order valence-electron chi connectivity index (χ0n) is 6.88. The summed E-state index contributed by atoms with van der Waals surface area (Å²) >= 11 is 0. The Morgan fingerprint density at radius 1 is 1.45 bits per heavy atom. The van der Waals surface area contributed by atoms with Crippen molar-refractivity contribution in [2.45, 2.75) is 25.3 Å². The molecule has 60 valence electrons. The Morgan fingerprint density at radius 2 is 2.00 bits per heavy atom. The van der Waals surface area contributed by atoms with Gasteiger partial charge in [-0.2, -0.15) is 0 Å². The predicted molar refractivity (Wildman–Crippen MR) is 35.9 cm³/mol. The van der Waals surface area contributed by atoms with Crippen molar-refractivity contribution in [2.75, 3.05) is 6.54 Å². The first-order valence-electron chi connectivity index (χ1n) is 3.35. The molecule has 0 aromatic rings. The van der Waals surface area contributed by atoms with Crippen LogP contribution in [0.1, 0.15) is 19.3 Å². The van der Waals surface area contributed by atoms with E-state index in [1.807, 2.05) is 0 Å². The molecule has 4 N–H and O–H groups in total. The van der Waals surface area contributed by atoms with Crippen molar-refractivity contribution in [3.05, 3.63) is 0 Å². The SMILES string of the molecule is NCCCCC(N)C(=O)[O-].[Rb+]. The normalized spacial score (nSPS) is 11.8. The second kappa shape index (κ2) is 9.28. The molecular formula is C6H13N2O2Rb. The van der Waals surface area contributed by atoms with Gasteiger partial charge in [0.05, 0.1) is 5.97 Å². The number of carboxylic acid groups (broad SMARTS) is 1. The Bertz CT molecular complexity index is 111. The molecule has 0 aliphatic rings. The molecular weight excluding hydrogens is 218 g/mol. The number of carboxylic acids is 1. The molecule has 0 rings (SSSR count). The number of hydrogen-bond donors (Lipinski definition) is 2. The minimum atomic E-state index is -1.18. The van der Waals surface area contributed by atoms with Crippen LogP contribution in [0, 0.1) is 0 Å². The van der Waals surface area contributed by atoms with E-state index >= 15 is 0 Å². The number of aliphatic carboxylic acids is 1. The van der Waals surface area contributed by atoms with Gasteiger partial charge in [-0.25, -0.2) is 0 Å². The Hall–Kier alpha value is 1.20. The van der Waals surface area contributed by atoms with Crippen molar-refractivity contribution in [2.24, 2.45) is 11.5 Å². The summed E-state index contributed by atoms with van der Waals surface area (Å²) in [6.45, 7) is 0.583. The van der Waals surface area contributed by atoms with Crippen LogP contribution in [0.15, 0.2) is 0 Å². The first-order chi connectivity index (χ1) is 4.68. The fraction of sp³-hybridized carbons (Fsp3) is 0.833. The van der Waals surface area contributed by atoms with Gasteiger partial charge in [0.2, 0.25) is 0 Å². The maximum Gasteiger partial charge on any atom is 1.00 e. The number of carbonyl (C=O) groups excluding carboxylic acids is 1. The van der Waals surface area contributed by atoms with Crippen LogP contribution >= 0.6 is 0 Å². The van der Waals surface area contributed by atoms with Gasteiger partial charge in [-0.1, -0.05) is 6.42 Å². The van der Waals surface area contributed by atoms with Crippen molar-refractivity contribution >= 4 is 5.97 Å². The van der Waals surface area contributed by atoms with Crippen molar-refractivity contribution in [3.8, 4) is 0 Å². The number of carbonyl (C=O) groups is 1. The van der Waals surface area contributed by atoms with E-state index in [-0.39, 0.29) is 58.2 Å². The molecule has 0 heterocycles. The molecule has 0 bridgehead atoms. The second-order valence-corrected chi connectivity index (χ2v) is 2.21. The van der Waals surface area contributed by atoms with Gasteiger partial charge >= 0.3 is 58.2 Å². The van der Waals surface area contributed by atoms with Crippen LogP contribution in [0.3, 0.4) is 0 Å². The van der Waals surface area contributed by atoms with E-state index in [9.17, 15) is 9.90 Å². The van der Waals surface area contributed by atoms with Gasteiger partial charge in [-0.3, -0.25) is 0 Å². The molecule has 0 saturated heterocycles. The van der Waals surface area contributed by atoms with E-state index in [2.05, 4.69) is 0 Å². The van der Waals surface area contributed by atoms with Crippen LogP contribution in [-0.2, 0) is 4.79 Å². The molecule has 0 aromatic carbocycles. The zero-order valence-corrected chi connectivity index (χ0v) is 11.8. The predicted octanol–water partition coefficient (Wildman–Crippen LogP) is -4.80. The molecule has 0 spiro atoms. The third-order valence-electron chi connectivity index (χ3n) is 1.27. The van der Waals surface area contributed by atoms with Crippen molar-refractivity contribution in [1.82, 2.24) is 0 Å². The van der Waals surface area contributed by atoms with Gasteiger partial charge in [0.25, 0.3) is 0 Å². The molecule has 0 aliphatic heterocycles. The van der Waals surface area contributed by atoms with Crippen molar-refractivity contribution < 1.29 is 68.1 Å². The Kier molecular flexibility index (Phi) is 12.4. The summed E-state index contributed by atoms with van der Waals surface area (Å²) in [6, 6.07) is -0.827. The van der Waals surface area contributed by atoms with Gasteiger partial charge in [0.1, 0.15) is 0 Å². The number of unbranched alkanes of at least 4 members (excludes halogenated alkanes) is 1. The topological polar surface area (TPSA) is 92.2 Å². The van der Waals surface area contributed by atoms with Gasteiger partial charge < -0.3 is 21.4 Å². The number of nitrogens with two attached hydrogens (primary N) is 2. The Balaban J connectivity index is 0.